The van der Waals surface area contributed by atoms with E-state index in [1.807, 2.05) is 27.7 Å². The van der Waals surface area contributed by atoms with Crippen LogP contribution >= 0.6 is 0 Å². The fourth-order valence-corrected chi connectivity index (χ4v) is 8.35. The van der Waals surface area contributed by atoms with E-state index < -0.39 is 59.0 Å². The predicted molar refractivity (Wildman–Crippen MR) is 133 cm³/mol. The second-order valence-electron chi connectivity index (χ2n) is 12.0. The smallest absolute Gasteiger partial charge is 0.306 e. The van der Waals surface area contributed by atoms with Gasteiger partial charge in [-0.05, 0) is 55.2 Å². The monoisotopic (exact) mass is 518 g/mol. The van der Waals surface area contributed by atoms with Crippen LogP contribution < -0.4 is 0 Å². The van der Waals surface area contributed by atoms with Crippen molar-refractivity contribution in [2.75, 3.05) is 6.61 Å². The lowest BCUT2D eigenvalue weighted by atomic mass is 9.46. The zero-order chi connectivity index (χ0) is 27.3. The summed E-state index contributed by atoms with van der Waals surface area (Å²) in [5, 5.41) is 11.7. The molecule has 0 amide bonds. The number of carbonyl (C=O) groups is 4. The van der Waals surface area contributed by atoms with Crippen molar-refractivity contribution in [1.29, 1.82) is 0 Å². The van der Waals surface area contributed by atoms with Gasteiger partial charge in [0.2, 0.25) is 5.78 Å². The first-order chi connectivity index (χ1) is 17.3. The van der Waals surface area contributed by atoms with Crippen molar-refractivity contribution in [1.82, 2.24) is 0 Å². The number of unbranched alkanes of at least 4 members (excludes halogenated alkanes) is 1. The van der Waals surface area contributed by atoms with Crippen LogP contribution in [0.15, 0.2) is 23.8 Å². The number of hydrogen-bond acceptors (Lipinski definition) is 7. The van der Waals surface area contributed by atoms with Gasteiger partial charge in [0.05, 0.1) is 6.10 Å². The number of aliphatic hydroxyl groups excluding tert-OH is 1. The highest BCUT2D eigenvalue weighted by molar-refractivity contribution is 6.01. The van der Waals surface area contributed by atoms with Gasteiger partial charge in [-0.25, -0.2) is 4.39 Å². The van der Waals surface area contributed by atoms with E-state index in [2.05, 4.69) is 0 Å². The molecule has 0 aromatic carbocycles. The summed E-state index contributed by atoms with van der Waals surface area (Å²) in [7, 11) is 0. The Balaban J connectivity index is 1.78. The Morgan fingerprint density at radius 2 is 1.92 bits per heavy atom. The molecule has 37 heavy (non-hydrogen) atoms. The number of carbonyl (C=O) groups excluding carboxylic acids is 4. The van der Waals surface area contributed by atoms with Crippen molar-refractivity contribution < 1.29 is 38.1 Å². The molecule has 0 aliphatic heterocycles. The number of rotatable bonds is 7. The van der Waals surface area contributed by atoms with E-state index in [4.69, 9.17) is 9.47 Å². The Labute approximate surface area is 217 Å². The SMILES string of the molecule is CCCCC(=O)O[C@]1(C(=O)COC(C)=O)[C@H](C)C[C@H]2[C@@H]3C[C@H](F)C4=CC(=O)C=C[C@]4(C)[C@H]3C(O)C[C@@]21C. The molecule has 0 heterocycles. The molecule has 204 valence electrons. The van der Waals surface area contributed by atoms with Crippen molar-refractivity contribution in [3.8, 4) is 0 Å². The van der Waals surface area contributed by atoms with Gasteiger partial charge in [0.1, 0.15) is 6.17 Å². The zero-order valence-corrected chi connectivity index (χ0v) is 22.4. The number of alkyl halides is 1. The first-order valence-electron chi connectivity index (χ1n) is 13.5. The van der Waals surface area contributed by atoms with Gasteiger partial charge in [-0.1, -0.05) is 40.2 Å². The molecule has 0 bridgehead atoms. The van der Waals surface area contributed by atoms with Crippen molar-refractivity contribution in [2.24, 2.45) is 34.5 Å². The second kappa shape index (κ2) is 9.75. The van der Waals surface area contributed by atoms with Crippen molar-refractivity contribution in [3.63, 3.8) is 0 Å². The van der Waals surface area contributed by atoms with E-state index in [9.17, 15) is 24.3 Å². The highest BCUT2D eigenvalue weighted by Gasteiger charge is 2.73. The Morgan fingerprint density at radius 1 is 1.22 bits per heavy atom. The van der Waals surface area contributed by atoms with Crippen molar-refractivity contribution in [2.45, 2.75) is 91.0 Å². The normalized spacial score (nSPS) is 42.2. The van der Waals surface area contributed by atoms with Crippen LogP contribution in [0.5, 0.6) is 0 Å². The standard InChI is InChI=1S/C29H39FO7/c1-6-7-8-25(35)37-29(24(34)15-36-17(3)31)16(2)11-20-19-13-22(30)21-12-18(32)9-10-27(21,4)26(19)23(33)14-28(20,29)5/h9-10,12,16,19-20,22-23,26,33H,6-8,11,13-15H2,1-5H3/t16-,19+,20+,22+,23?,26-,27+,28+,29+/m1/s1. The molecule has 4 aliphatic carbocycles. The minimum atomic E-state index is -1.61. The molecule has 0 aromatic heterocycles. The maximum Gasteiger partial charge on any atom is 0.306 e. The van der Waals surface area contributed by atoms with E-state index >= 15 is 4.39 Å². The van der Waals surface area contributed by atoms with E-state index in [-0.39, 0.29) is 42.8 Å². The second-order valence-corrected chi connectivity index (χ2v) is 12.0. The Hall–Kier alpha value is -2.35. The number of hydrogen-bond donors (Lipinski definition) is 1. The third-order valence-corrected chi connectivity index (χ3v) is 9.85. The lowest BCUT2D eigenvalue weighted by Gasteiger charge is -2.60. The topological polar surface area (TPSA) is 107 Å². The fourth-order valence-electron chi connectivity index (χ4n) is 8.35. The number of Topliss-reactive ketones (excluding diaryl/α,β-unsaturated/α-hetero) is 1. The van der Waals surface area contributed by atoms with Crippen LogP contribution in [0.3, 0.4) is 0 Å². The molecule has 3 fully saturated rings. The van der Waals surface area contributed by atoms with Crippen LogP contribution in [-0.4, -0.2) is 53.1 Å². The third kappa shape index (κ3) is 4.19. The van der Waals surface area contributed by atoms with Gasteiger partial charge >= 0.3 is 11.9 Å². The molecule has 1 N–H and O–H groups in total. The lowest BCUT2D eigenvalue weighted by molar-refractivity contribution is -0.207. The largest absolute Gasteiger partial charge is 0.458 e. The van der Waals surface area contributed by atoms with E-state index in [1.165, 1.54) is 19.1 Å². The summed E-state index contributed by atoms with van der Waals surface area (Å²) in [5.74, 6) is -3.17. The molecule has 0 radical (unpaired) electrons. The van der Waals surface area contributed by atoms with Gasteiger partial charge < -0.3 is 14.6 Å². The molecule has 0 saturated heterocycles. The molecule has 3 saturated carbocycles. The first-order valence-corrected chi connectivity index (χ1v) is 13.5. The van der Waals surface area contributed by atoms with Crippen LogP contribution in [0.4, 0.5) is 4.39 Å². The van der Waals surface area contributed by atoms with Crippen LogP contribution in [-0.2, 0) is 28.7 Å². The van der Waals surface area contributed by atoms with E-state index in [0.29, 0.717) is 18.4 Å². The summed E-state index contributed by atoms with van der Waals surface area (Å²) in [6.45, 7) is 8.22. The number of esters is 2. The van der Waals surface area contributed by atoms with Gasteiger partial charge in [-0.3, -0.25) is 19.2 Å². The number of fused-ring (bicyclic) bond motifs is 5. The number of allylic oxidation sites excluding steroid dienone is 4. The fraction of sp³-hybridized carbons (Fsp3) is 0.724. The van der Waals surface area contributed by atoms with Gasteiger partial charge in [0, 0.05) is 36.0 Å². The maximum atomic E-state index is 15.7. The molecular formula is C29H39FO7. The molecular weight excluding hydrogens is 479 g/mol. The average Bonchev–Trinajstić information content (AvgIpc) is 3.04. The Morgan fingerprint density at radius 3 is 2.57 bits per heavy atom. The quantitative estimate of drug-likeness (QED) is 0.507. The van der Waals surface area contributed by atoms with Gasteiger partial charge in [-0.15, -0.1) is 0 Å². The van der Waals surface area contributed by atoms with Gasteiger partial charge in [0.15, 0.2) is 18.0 Å². The molecule has 7 nitrogen and oxygen atoms in total. The number of aliphatic hydroxyl groups is 1. The van der Waals surface area contributed by atoms with Gasteiger partial charge in [-0.2, -0.15) is 0 Å². The van der Waals surface area contributed by atoms with Crippen LogP contribution in [0.2, 0.25) is 0 Å². The molecule has 4 aliphatic rings. The highest BCUT2D eigenvalue weighted by atomic mass is 19.1. The van der Waals surface area contributed by atoms with Gasteiger partial charge in [0.25, 0.3) is 0 Å². The van der Waals surface area contributed by atoms with Crippen molar-refractivity contribution >= 4 is 23.5 Å². The Kier molecular flexibility index (Phi) is 7.30. The molecule has 0 spiro atoms. The van der Waals surface area contributed by atoms with Crippen LogP contribution in [0.25, 0.3) is 0 Å². The van der Waals surface area contributed by atoms with Crippen molar-refractivity contribution in [3.05, 3.63) is 23.8 Å². The Bertz CT molecular complexity index is 1050. The minimum absolute atomic E-state index is 0.120. The molecule has 1 unspecified atom stereocenters. The summed E-state index contributed by atoms with van der Waals surface area (Å²) in [6, 6.07) is 0. The predicted octanol–water partition coefficient (Wildman–Crippen LogP) is 4.06. The lowest BCUT2D eigenvalue weighted by Crippen LogP contribution is -2.65. The summed E-state index contributed by atoms with van der Waals surface area (Å²) in [4.78, 5) is 50.4. The number of ketones is 2. The summed E-state index contributed by atoms with van der Waals surface area (Å²) in [6.07, 6.45) is 4.57. The molecule has 4 rings (SSSR count). The number of halogens is 1. The average molecular weight is 519 g/mol. The summed E-state index contributed by atoms with van der Waals surface area (Å²) < 4.78 is 26.9. The number of ether oxygens (including phenoxy) is 2. The zero-order valence-electron chi connectivity index (χ0n) is 22.4. The van der Waals surface area contributed by atoms with E-state index in [1.54, 1.807) is 6.08 Å². The summed E-state index contributed by atoms with van der Waals surface area (Å²) in [5.41, 5.74) is -3.02. The molecule has 9 atom stereocenters. The third-order valence-electron chi connectivity index (χ3n) is 9.85. The first kappa shape index (κ1) is 27.7. The highest BCUT2D eigenvalue weighted by Crippen LogP contribution is 2.69. The van der Waals surface area contributed by atoms with Crippen LogP contribution in [0.1, 0.15) is 73.1 Å². The van der Waals surface area contributed by atoms with Crippen LogP contribution in [0, 0.1) is 34.5 Å². The molecule has 0 aromatic rings. The summed E-state index contributed by atoms with van der Waals surface area (Å²) >= 11 is 0. The maximum absolute atomic E-state index is 15.7. The van der Waals surface area contributed by atoms with E-state index in [0.717, 1.165) is 6.42 Å². The minimum Gasteiger partial charge on any atom is -0.458 e. The molecule has 8 heteroatoms.